The average molecular weight is 291 g/mol. The molecule has 6 heteroatoms. The van der Waals surface area contributed by atoms with Crippen molar-refractivity contribution in [3.8, 4) is 0 Å². The molecule has 0 saturated heterocycles. The highest BCUT2D eigenvalue weighted by molar-refractivity contribution is 8.14. The van der Waals surface area contributed by atoms with Gasteiger partial charge in [-0.25, -0.2) is 5.01 Å². The van der Waals surface area contributed by atoms with Gasteiger partial charge in [0.25, 0.3) is 0 Å². The van der Waals surface area contributed by atoms with Gasteiger partial charge < -0.3 is 5.32 Å². The second-order valence-electron chi connectivity index (χ2n) is 4.87. The van der Waals surface area contributed by atoms with E-state index in [1.54, 1.807) is 0 Å². The maximum Gasteiger partial charge on any atom is 0.241 e. The van der Waals surface area contributed by atoms with Crippen molar-refractivity contribution < 1.29 is 9.59 Å². The van der Waals surface area contributed by atoms with Gasteiger partial charge in [0.05, 0.1) is 0 Å². The Hall–Kier alpha value is -1.82. The Balaban J connectivity index is 2.37. The van der Waals surface area contributed by atoms with Gasteiger partial charge in [0.1, 0.15) is 4.87 Å². The molecule has 1 aromatic carbocycles. The van der Waals surface area contributed by atoms with Crippen molar-refractivity contribution in [1.82, 2.24) is 10.3 Å². The number of nitrogens with one attached hydrogen (secondary N) is 1. The molecule has 1 aliphatic heterocycles. The van der Waals surface area contributed by atoms with E-state index in [2.05, 4.69) is 10.4 Å². The fourth-order valence-corrected chi connectivity index (χ4v) is 3.26. The molecule has 0 aliphatic carbocycles. The molecule has 0 saturated carbocycles. The minimum Gasteiger partial charge on any atom is -0.304 e. The number of carbonyl (C=O) groups excluding carboxylic acids is 2. The molecule has 1 N–H and O–H groups in total. The van der Waals surface area contributed by atoms with Crippen LogP contribution in [0, 0.1) is 6.92 Å². The number of aryl methyl sites for hydroxylation is 1. The molecule has 0 spiro atoms. The lowest BCUT2D eigenvalue weighted by atomic mass is 10.1. The third kappa shape index (κ3) is 2.70. The van der Waals surface area contributed by atoms with Gasteiger partial charge in [-0.05, 0) is 19.4 Å². The topological polar surface area (TPSA) is 61.8 Å². The third-order valence-electron chi connectivity index (χ3n) is 3.06. The molecule has 2 amide bonds. The van der Waals surface area contributed by atoms with Crippen LogP contribution in [0.5, 0.6) is 0 Å². The van der Waals surface area contributed by atoms with E-state index in [0.29, 0.717) is 5.17 Å². The quantitative estimate of drug-likeness (QED) is 0.862. The number of rotatable bonds is 1. The number of thioether (sulfide) groups is 1. The molecular formula is C14H17N3O2S. The van der Waals surface area contributed by atoms with Crippen molar-refractivity contribution in [3.05, 3.63) is 35.4 Å². The Morgan fingerprint density at radius 3 is 2.35 bits per heavy atom. The van der Waals surface area contributed by atoms with E-state index < -0.39 is 4.87 Å². The highest BCUT2D eigenvalue weighted by atomic mass is 32.2. The van der Waals surface area contributed by atoms with Gasteiger partial charge in [-0.3, -0.25) is 9.59 Å². The van der Waals surface area contributed by atoms with Crippen molar-refractivity contribution >= 4 is 28.7 Å². The summed E-state index contributed by atoms with van der Waals surface area (Å²) < 4.78 is 0. The SMILES string of the molecule is CC(=O)NC1=NN(C(C)=O)[C@](C)(c2ccc(C)cc2)S1. The first-order chi connectivity index (χ1) is 9.33. The second kappa shape index (κ2) is 5.28. The van der Waals surface area contributed by atoms with Crippen LogP contribution in [0.4, 0.5) is 0 Å². The van der Waals surface area contributed by atoms with E-state index in [1.807, 2.05) is 38.1 Å². The summed E-state index contributed by atoms with van der Waals surface area (Å²) in [7, 11) is 0. The van der Waals surface area contributed by atoms with Crippen LogP contribution in [-0.4, -0.2) is 22.0 Å². The predicted molar refractivity (Wildman–Crippen MR) is 79.9 cm³/mol. The molecule has 0 radical (unpaired) electrons. The standard InChI is InChI=1S/C14H17N3O2S/c1-9-5-7-12(8-6-9)14(4)17(11(3)19)16-13(20-14)15-10(2)18/h5-8H,1-4H3,(H,15,16,18)/t14-/m0/s1. The zero-order valence-electron chi connectivity index (χ0n) is 11.9. The maximum absolute atomic E-state index is 11.8. The van der Waals surface area contributed by atoms with E-state index in [0.717, 1.165) is 11.1 Å². The first kappa shape index (κ1) is 14.6. The predicted octanol–water partition coefficient (Wildman–Crippen LogP) is 2.17. The maximum atomic E-state index is 11.8. The van der Waals surface area contributed by atoms with Gasteiger partial charge in [0, 0.05) is 13.8 Å². The summed E-state index contributed by atoms with van der Waals surface area (Å²) in [5.74, 6) is -0.367. The number of carbonyl (C=O) groups is 2. The van der Waals surface area contributed by atoms with Crippen LogP contribution in [-0.2, 0) is 14.5 Å². The van der Waals surface area contributed by atoms with Crippen molar-refractivity contribution in [2.24, 2.45) is 5.10 Å². The molecule has 0 unspecified atom stereocenters. The lowest BCUT2D eigenvalue weighted by Crippen LogP contribution is -2.37. The van der Waals surface area contributed by atoms with E-state index in [1.165, 1.54) is 30.6 Å². The number of hydrogen-bond donors (Lipinski definition) is 1. The summed E-state index contributed by atoms with van der Waals surface area (Å²) >= 11 is 1.36. The summed E-state index contributed by atoms with van der Waals surface area (Å²) in [5, 5.41) is 8.71. The van der Waals surface area contributed by atoms with Gasteiger partial charge in [-0.15, -0.1) is 5.10 Å². The van der Waals surface area contributed by atoms with Crippen molar-refractivity contribution in [2.75, 3.05) is 0 Å². The van der Waals surface area contributed by atoms with Gasteiger partial charge >= 0.3 is 0 Å². The molecule has 1 heterocycles. The summed E-state index contributed by atoms with van der Waals surface area (Å²) in [5.41, 5.74) is 2.12. The Morgan fingerprint density at radius 2 is 1.85 bits per heavy atom. The Bertz CT molecular complexity index is 583. The van der Waals surface area contributed by atoms with Crippen molar-refractivity contribution in [3.63, 3.8) is 0 Å². The zero-order chi connectivity index (χ0) is 14.9. The third-order valence-corrected chi connectivity index (χ3v) is 4.24. The molecule has 20 heavy (non-hydrogen) atoms. The number of benzene rings is 1. The molecule has 1 aromatic rings. The zero-order valence-corrected chi connectivity index (χ0v) is 12.7. The highest BCUT2D eigenvalue weighted by Gasteiger charge is 2.43. The van der Waals surface area contributed by atoms with Gasteiger partial charge in [-0.2, -0.15) is 0 Å². The molecule has 0 fully saturated rings. The number of amidine groups is 1. The van der Waals surface area contributed by atoms with Crippen LogP contribution >= 0.6 is 11.8 Å². The number of hydrogen-bond acceptors (Lipinski definition) is 4. The van der Waals surface area contributed by atoms with E-state index in [4.69, 9.17) is 0 Å². The molecule has 5 nitrogen and oxygen atoms in total. The van der Waals surface area contributed by atoms with Crippen LogP contribution in [0.15, 0.2) is 29.4 Å². The van der Waals surface area contributed by atoms with Crippen LogP contribution in [0.25, 0.3) is 0 Å². The summed E-state index contributed by atoms with van der Waals surface area (Å²) in [6.07, 6.45) is 0. The smallest absolute Gasteiger partial charge is 0.241 e. The molecule has 106 valence electrons. The fraction of sp³-hybridized carbons (Fsp3) is 0.357. The van der Waals surface area contributed by atoms with Crippen molar-refractivity contribution in [1.29, 1.82) is 0 Å². The number of amides is 2. The van der Waals surface area contributed by atoms with Gasteiger partial charge in [-0.1, -0.05) is 41.6 Å². The molecule has 0 bridgehead atoms. The molecule has 0 aromatic heterocycles. The average Bonchev–Trinajstić information content (AvgIpc) is 2.67. The van der Waals surface area contributed by atoms with Crippen LogP contribution < -0.4 is 5.32 Å². The van der Waals surface area contributed by atoms with Crippen LogP contribution in [0.3, 0.4) is 0 Å². The second-order valence-corrected chi connectivity index (χ2v) is 6.25. The molecular weight excluding hydrogens is 274 g/mol. The lowest BCUT2D eigenvalue weighted by molar-refractivity contribution is -0.131. The summed E-state index contributed by atoms with van der Waals surface area (Å²) in [6, 6.07) is 7.95. The minimum atomic E-state index is -0.642. The first-order valence-corrected chi connectivity index (χ1v) is 7.08. The van der Waals surface area contributed by atoms with E-state index in [-0.39, 0.29) is 11.8 Å². The normalized spacial score (nSPS) is 21.6. The van der Waals surface area contributed by atoms with E-state index >= 15 is 0 Å². The van der Waals surface area contributed by atoms with Gasteiger partial charge in [0.2, 0.25) is 11.8 Å². The monoisotopic (exact) mass is 291 g/mol. The highest BCUT2D eigenvalue weighted by Crippen LogP contribution is 2.44. The number of hydrazone groups is 1. The van der Waals surface area contributed by atoms with Crippen molar-refractivity contribution in [2.45, 2.75) is 32.6 Å². The summed E-state index contributed by atoms with van der Waals surface area (Å²) in [6.45, 7) is 6.81. The Labute approximate surface area is 122 Å². The first-order valence-electron chi connectivity index (χ1n) is 6.26. The minimum absolute atomic E-state index is 0.166. The van der Waals surface area contributed by atoms with E-state index in [9.17, 15) is 9.59 Å². The largest absolute Gasteiger partial charge is 0.304 e. The fourth-order valence-electron chi connectivity index (χ4n) is 2.05. The van der Waals surface area contributed by atoms with Gasteiger partial charge in [0.15, 0.2) is 5.17 Å². The Morgan fingerprint density at radius 1 is 1.25 bits per heavy atom. The van der Waals surface area contributed by atoms with Crippen LogP contribution in [0.2, 0.25) is 0 Å². The molecule has 2 rings (SSSR count). The Kier molecular flexibility index (Phi) is 3.85. The van der Waals surface area contributed by atoms with Crippen LogP contribution in [0.1, 0.15) is 31.9 Å². The molecule has 1 aliphatic rings. The summed E-state index contributed by atoms with van der Waals surface area (Å²) in [4.78, 5) is 22.3. The number of nitrogens with zero attached hydrogens (tertiary/aromatic N) is 2. The molecule has 1 atom stereocenters. The lowest BCUT2D eigenvalue weighted by Gasteiger charge is -2.31.